The summed E-state index contributed by atoms with van der Waals surface area (Å²) >= 11 is 0. The summed E-state index contributed by atoms with van der Waals surface area (Å²) in [5.74, 6) is -0.134. The van der Waals surface area contributed by atoms with Gasteiger partial charge in [-0.05, 0) is 55.3 Å². The predicted octanol–water partition coefficient (Wildman–Crippen LogP) is 3.04. The van der Waals surface area contributed by atoms with Gasteiger partial charge in [0.1, 0.15) is 0 Å². The van der Waals surface area contributed by atoms with Crippen molar-refractivity contribution in [1.82, 2.24) is 5.32 Å². The maximum atomic E-state index is 11.6. The van der Waals surface area contributed by atoms with E-state index >= 15 is 0 Å². The maximum Gasteiger partial charge on any atom is 0.307 e. The molecule has 3 heteroatoms. The first-order chi connectivity index (χ1) is 10.2. The van der Waals surface area contributed by atoms with Gasteiger partial charge in [-0.1, -0.05) is 31.5 Å². The maximum absolute atomic E-state index is 11.6. The fourth-order valence-corrected chi connectivity index (χ4v) is 3.02. The van der Waals surface area contributed by atoms with Crippen LogP contribution in [0.1, 0.15) is 49.3 Å². The molecule has 1 aromatic carbocycles. The van der Waals surface area contributed by atoms with E-state index in [0.29, 0.717) is 6.42 Å². The summed E-state index contributed by atoms with van der Waals surface area (Å²) in [6.45, 7) is 3.14. The van der Waals surface area contributed by atoms with Crippen LogP contribution in [-0.2, 0) is 28.8 Å². The van der Waals surface area contributed by atoms with Crippen LogP contribution in [0, 0.1) is 0 Å². The molecule has 0 heterocycles. The highest BCUT2D eigenvalue weighted by Gasteiger charge is 2.16. The molecule has 1 aromatic rings. The van der Waals surface area contributed by atoms with Gasteiger partial charge in [-0.15, -0.1) is 0 Å². The first-order valence-corrected chi connectivity index (χ1v) is 8.13. The monoisotopic (exact) mass is 289 g/mol. The van der Waals surface area contributed by atoms with Crippen molar-refractivity contribution in [1.29, 1.82) is 0 Å². The quantitative estimate of drug-likeness (QED) is 0.590. The molecule has 0 aromatic heterocycles. The fourth-order valence-electron chi connectivity index (χ4n) is 3.02. The third kappa shape index (κ3) is 4.85. The molecule has 2 rings (SSSR count). The second kappa shape index (κ2) is 8.18. The second-order valence-corrected chi connectivity index (χ2v) is 5.95. The molecule has 0 fully saturated rings. The van der Waals surface area contributed by atoms with Crippen LogP contribution in [0.5, 0.6) is 0 Å². The van der Waals surface area contributed by atoms with Crippen LogP contribution in [0.4, 0.5) is 0 Å². The molecule has 0 saturated carbocycles. The number of aryl methyl sites for hydroxylation is 2. The Morgan fingerprint density at radius 3 is 2.90 bits per heavy atom. The van der Waals surface area contributed by atoms with E-state index in [4.69, 9.17) is 4.74 Å². The minimum absolute atomic E-state index is 0.134. The minimum atomic E-state index is -0.134. The van der Waals surface area contributed by atoms with Crippen molar-refractivity contribution < 1.29 is 9.53 Å². The number of benzene rings is 1. The van der Waals surface area contributed by atoms with Crippen LogP contribution in [0.25, 0.3) is 0 Å². The Labute approximate surface area is 128 Å². The molecule has 0 bridgehead atoms. The number of rotatable bonds is 8. The van der Waals surface area contributed by atoms with Crippen molar-refractivity contribution in [2.75, 3.05) is 13.7 Å². The molecular formula is C18H27NO2. The zero-order valence-electron chi connectivity index (χ0n) is 13.3. The van der Waals surface area contributed by atoms with Gasteiger partial charge >= 0.3 is 5.97 Å². The summed E-state index contributed by atoms with van der Waals surface area (Å²) < 4.78 is 4.82. The lowest BCUT2D eigenvalue weighted by Gasteiger charge is -2.18. The first-order valence-electron chi connectivity index (χ1n) is 8.13. The van der Waals surface area contributed by atoms with Crippen LogP contribution >= 0.6 is 0 Å². The van der Waals surface area contributed by atoms with Crippen molar-refractivity contribution in [2.45, 2.75) is 57.9 Å². The van der Waals surface area contributed by atoms with Gasteiger partial charge in [0.25, 0.3) is 0 Å². The van der Waals surface area contributed by atoms with Crippen LogP contribution < -0.4 is 5.32 Å². The molecule has 0 aliphatic heterocycles. The van der Waals surface area contributed by atoms with Crippen molar-refractivity contribution >= 4 is 5.97 Å². The molecule has 0 spiro atoms. The number of fused-ring (bicyclic) bond motifs is 1. The Kier molecular flexibility index (Phi) is 6.24. The topological polar surface area (TPSA) is 38.3 Å². The molecular weight excluding hydrogens is 262 g/mol. The summed E-state index contributed by atoms with van der Waals surface area (Å²) in [6, 6.07) is 6.98. The number of methoxy groups -OCH3 is 1. The number of hydrogen-bond acceptors (Lipinski definition) is 3. The summed E-state index contributed by atoms with van der Waals surface area (Å²) in [5, 5.41) is 3.50. The first kappa shape index (κ1) is 16.0. The lowest BCUT2D eigenvalue weighted by molar-refractivity contribution is -0.141. The van der Waals surface area contributed by atoms with Crippen molar-refractivity contribution in [3.63, 3.8) is 0 Å². The normalized spacial score (nSPS) is 14.8. The van der Waals surface area contributed by atoms with Crippen molar-refractivity contribution in [3.8, 4) is 0 Å². The van der Waals surface area contributed by atoms with Crippen molar-refractivity contribution in [2.24, 2.45) is 0 Å². The van der Waals surface area contributed by atoms with Gasteiger partial charge in [0.05, 0.1) is 13.5 Å². The van der Waals surface area contributed by atoms with Gasteiger partial charge in [-0.25, -0.2) is 0 Å². The highest BCUT2D eigenvalue weighted by Crippen LogP contribution is 2.23. The molecule has 1 atom stereocenters. The summed E-state index contributed by atoms with van der Waals surface area (Å²) in [6.07, 6.45) is 7.34. The molecule has 1 unspecified atom stereocenters. The largest absolute Gasteiger partial charge is 0.469 e. The van der Waals surface area contributed by atoms with E-state index in [9.17, 15) is 4.79 Å². The summed E-state index contributed by atoms with van der Waals surface area (Å²) in [5.41, 5.74) is 4.33. The highest BCUT2D eigenvalue weighted by atomic mass is 16.5. The molecule has 0 saturated heterocycles. The van der Waals surface area contributed by atoms with Gasteiger partial charge in [-0.3, -0.25) is 4.79 Å². The molecule has 0 amide bonds. The molecule has 21 heavy (non-hydrogen) atoms. The van der Waals surface area contributed by atoms with E-state index < -0.39 is 0 Å². The van der Waals surface area contributed by atoms with E-state index in [1.807, 2.05) is 0 Å². The van der Waals surface area contributed by atoms with E-state index in [2.05, 4.69) is 30.4 Å². The van der Waals surface area contributed by atoms with Crippen LogP contribution in [0.15, 0.2) is 18.2 Å². The molecule has 3 nitrogen and oxygen atoms in total. The Morgan fingerprint density at radius 2 is 2.14 bits per heavy atom. The summed E-state index contributed by atoms with van der Waals surface area (Å²) in [7, 11) is 1.46. The number of ether oxygens (including phenoxy) is 1. The molecule has 1 aliphatic rings. The number of hydrogen-bond donors (Lipinski definition) is 1. The molecule has 1 N–H and O–H groups in total. The minimum Gasteiger partial charge on any atom is -0.469 e. The van der Waals surface area contributed by atoms with E-state index in [-0.39, 0.29) is 12.0 Å². The van der Waals surface area contributed by atoms with Gasteiger partial charge in [0.15, 0.2) is 0 Å². The lowest BCUT2D eigenvalue weighted by Crippen LogP contribution is -2.34. The number of carbonyl (C=O) groups excluding carboxylic acids is 1. The summed E-state index contributed by atoms with van der Waals surface area (Å²) in [4.78, 5) is 11.6. The SMILES string of the molecule is CCCCNC(CC(=O)OC)Cc1ccc2c(c1)CCC2. The van der Waals surface area contributed by atoms with Crippen LogP contribution in [0.3, 0.4) is 0 Å². The molecule has 116 valence electrons. The van der Waals surface area contributed by atoms with Crippen molar-refractivity contribution in [3.05, 3.63) is 34.9 Å². The van der Waals surface area contributed by atoms with Gasteiger partial charge in [0, 0.05) is 6.04 Å². The zero-order valence-corrected chi connectivity index (χ0v) is 13.3. The lowest BCUT2D eigenvalue weighted by atomic mass is 9.99. The molecule has 1 aliphatic carbocycles. The second-order valence-electron chi connectivity index (χ2n) is 5.95. The Bertz CT molecular complexity index is 470. The Hall–Kier alpha value is -1.35. The number of esters is 1. The fraction of sp³-hybridized carbons (Fsp3) is 0.611. The Balaban J connectivity index is 1.97. The number of unbranched alkanes of at least 4 members (excludes halogenated alkanes) is 1. The van der Waals surface area contributed by atoms with E-state index in [1.165, 1.54) is 43.1 Å². The van der Waals surface area contributed by atoms with E-state index in [1.54, 1.807) is 0 Å². The highest BCUT2D eigenvalue weighted by molar-refractivity contribution is 5.70. The zero-order chi connectivity index (χ0) is 15.1. The van der Waals surface area contributed by atoms with Gasteiger partial charge < -0.3 is 10.1 Å². The Morgan fingerprint density at radius 1 is 1.33 bits per heavy atom. The van der Waals surface area contributed by atoms with E-state index in [0.717, 1.165) is 25.8 Å². The predicted molar refractivity (Wildman–Crippen MR) is 85.5 cm³/mol. The third-order valence-electron chi connectivity index (χ3n) is 4.25. The van der Waals surface area contributed by atoms with Gasteiger partial charge in [-0.2, -0.15) is 0 Å². The average molecular weight is 289 g/mol. The van der Waals surface area contributed by atoms with Crippen LogP contribution in [0.2, 0.25) is 0 Å². The van der Waals surface area contributed by atoms with Crippen LogP contribution in [-0.4, -0.2) is 25.7 Å². The molecule has 0 radical (unpaired) electrons. The van der Waals surface area contributed by atoms with Gasteiger partial charge in [0.2, 0.25) is 0 Å². The number of carbonyl (C=O) groups is 1. The standard InChI is InChI=1S/C18H27NO2/c1-3-4-10-19-17(13-18(20)21-2)12-14-8-9-15-6-5-7-16(15)11-14/h8-9,11,17,19H,3-7,10,12-13H2,1-2H3. The third-order valence-corrected chi connectivity index (χ3v) is 4.25. The smallest absolute Gasteiger partial charge is 0.307 e. The number of nitrogens with one attached hydrogen (secondary N) is 1. The average Bonchev–Trinajstić information content (AvgIpc) is 2.94.